The van der Waals surface area contributed by atoms with E-state index >= 15 is 0 Å². The fourth-order valence-corrected chi connectivity index (χ4v) is 3.71. The van der Waals surface area contributed by atoms with Gasteiger partial charge in [0, 0.05) is 25.8 Å². The number of anilines is 1. The number of aliphatic hydroxyl groups is 1. The standard InChI is InChI=1S/C13H19ClN2O4S/c1-20-13-8-11(2-3-12(13)14)15-21(18,19)16-6-4-10(9-17)5-7-16/h2-3,8,10,15,17H,4-7,9H2,1H3. The molecule has 0 saturated carbocycles. The molecule has 1 heterocycles. The number of hydrogen-bond donors (Lipinski definition) is 2. The Morgan fingerprint density at radius 1 is 1.43 bits per heavy atom. The minimum absolute atomic E-state index is 0.107. The fourth-order valence-electron chi connectivity index (χ4n) is 2.27. The smallest absolute Gasteiger partial charge is 0.301 e. The van der Waals surface area contributed by atoms with Crippen molar-refractivity contribution in [3.8, 4) is 5.75 Å². The van der Waals surface area contributed by atoms with Crippen LogP contribution in [-0.4, -0.2) is 44.6 Å². The van der Waals surface area contributed by atoms with Crippen molar-refractivity contribution in [1.29, 1.82) is 0 Å². The lowest BCUT2D eigenvalue weighted by Crippen LogP contribution is -2.42. The van der Waals surface area contributed by atoms with Gasteiger partial charge in [0.1, 0.15) is 5.75 Å². The Bertz CT molecular complexity index is 586. The maximum atomic E-state index is 12.3. The molecule has 0 atom stereocenters. The number of benzene rings is 1. The van der Waals surface area contributed by atoms with Crippen LogP contribution in [0.1, 0.15) is 12.8 Å². The highest BCUT2D eigenvalue weighted by molar-refractivity contribution is 7.90. The molecule has 1 aliphatic heterocycles. The van der Waals surface area contributed by atoms with Gasteiger partial charge in [-0.25, -0.2) is 0 Å². The van der Waals surface area contributed by atoms with E-state index in [1.165, 1.54) is 11.4 Å². The predicted octanol–water partition coefficient (Wildman–Crippen LogP) is 1.71. The number of piperidine rings is 1. The number of hydrogen-bond acceptors (Lipinski definition) is 4. The van der Waals surface area contributed by atoms with Crippen LogP contribution in [0.5, 0.6) is 5.75 Å². The van der Waals surface area contributed by atoms with Gasteiger partial charge in [-0.2, -0.15) is 12.7 Å². The lowest BCUT2D eigenvalue weighted by Gasteiger charge is -2.30. The molecule has 21 heavy (non-hydrogen) atoms. The summed E-state index contributed by atoms with van der Waals surface area (Å²) in [6.45, 7) is 0.923. The van der Waals surface area contributed by atoms with E-state index in [0.717, 1.165) is 0 Å². The quantitative estimate of drug-likeness (QED) is 0.859. The van der Waals surface area contributed by atoms with Gasteiger partial charge in [0.2, 0.25) is 0 Å². The predicted molar refractivity (Wildman–Crippen MR) is 81.9 cm³/mol. The molecule has 118 valence electrons. The summed E-state index contributed by atoms with van der Waals surface area (Å²) in [5, 5.41) is 9.51. The normalized spacial score (nSPS) is 17.7. The largest absolute Gasteiger partial charge is 0.495 e. The molecule has 1 fully saturated rings. The van der Waals surface area contributed by atoms with Crippen molar-refractivity contribution < 1.29 is 18.3 Å². The molecule has 0 unspecified atom stereocenters. The van der Waals surface area contributed by atoms with E-state index in [-0.39, 0.29) is 12.5 Å². The second-order valence-electron chi connectivity index (χ2n) is 4.98. The van der Waals surface area contributed by atoms with Crippen molar-refractivity contribution in [2.24, 2.45) is 5.92 Å². The van der Waals surface area contributed by atoms with Crippen molar-refractivity contribution in [2.75, 3.05) is 31.5 Å². The average molecular weight is 335 g/mol. The molecule has 0 bridgehead atoms. The average Bonchev–Trinajstić information content (AvgIpc) is 2.49. The molecule has 6 nitrogen and oxygen atoms in total. The molecule has 1 saturated heterocycles. The van der Waals surface area contributed by atoms with Crippen LogP contribution in [0.4, 0.5) is 5.69 Å². The SMILES string of the molecule is COc1cc(NS(=O)(=O)N2CCC(CO)CC2)ccc1Cl. The van der Waals surface area contributed by atoms with Gasteiger partial charge in [-0.3, -0.25) is 4.72 Å². The molecule has 0 aromatic heterocycles. The lowest BCUT2D eigenvalue weighted by molar-refractivity contribution is 0.170. The highest BCUT2D eigenvalue weighted by Gasteiger charge is 2.27. The Morgan fingerprint density at radius 2 is 2.10 bits per heavy atom. The Labute approximate surface area is 129 Å². The van der Waals surface area contributed by atoms with Gasteiger partial charge in [0.25, 0.3) is 0 Å². The molecule has 1 aromatic carbocycles. The molecule has 0 radical (unpaired) electrons. The summed E-state index contributed by atoms with van der Waals surface area (Å²) in [6.07, 6.45) is 1.34. The second-order valence-corrected chi connectivity index (χ2v) is 7.06. The fraction of sp³-hybridized carbons (Fsp3) is 0.538. The van der Waals surface area contributed by atoms with Gasteiger partial charge >= 0.3 is 10.2 Å². The molecular formula is C13H19ClN2O4S. The molecule has 0 amide bonds. The van der Waals surface area contributed by atoms with Crippen LogP contribution >= 0.6 is 11.6 Å². The van der Waals surface area contributed by atoms with Gasteiger partial charge in [0.05, 0.1) is 17.8 Å². The number of nitrogens with one attached hydrogen (secondary N) is 1. The zero-order valence-electron chi connectivity index (χ0n) is 11.8. The van der Waals surface area contributed by atoms with E-state index in [0.29, 0.717) is 42.4 Å². The highest BCUT2D eigenvalue weighted by Crippen LogP contribution is 2.28. The van der Waals surface area contributed by atoms with E-state index < -0.39 is 10.2 Å². The summed E-state index contributed by atoms with van der Waals surface area (Å²) in [6, 6.07) is 4.71. The zero-order chi connectivity index (χ0) is 15.5. The zero-order valence-corrected chi connectivity index (χ0v) is 13.3. The van der Waals surface area contributed by atoms with Gasteiger partial charge in [0.15, 0.2) is 0 Å². The van der Waals surface area contributed by atoms with Gasteiger partial charge < -0.3 is 9.84 Å². The molecule has 1 aliphatic rings. The molecule has 1 aromatic rings. The summed E-state index contributed by atoms with van der Waals surface area (Å²) in [4.78, 5) is 0. The van der Waals surface area contributed by atoms with Crippen LogP contribution in [0.2, 0.25) is 5.02 Å². The number of halogens is 1. The van der Waals surface area contributed by atoms with Crippen molar-refractivity contribution in [2.45, 2.75) is 12.8 Å². The molecule has 8 heteroatoms. The topological polar surface area (TPSA) is 78.9 Å². The van der Waals surface area contributed by atoms with E-state index in [2.05, 4.69) is 4.72 Å². The van der Waals surface area contributed by atoms with Crippen molar-refractivity contribution in [3.05, 3.63) is 23.2 Å². The van der Waals surface area contributed by atoms with E-state index in [9.17, 15) is 8.42 Å². The van der Waals surface area contributed by atoms with Crippen LogP contribution in [0.25, 0.3) is 0 Å². The molecular weight excluding hydrogens is 316 g/mol. The number of rotatable bonds is 5. The first kappa shape index (κ1) is 16.4. The summed E-state index contributed by atoms with van der Waals surface area (Å²) < 4.78 is 33.6. The number of nitrogens with zero attached hydrogens (tertiary/aromatic N) is 1. The van der Waals surface area contributed by atoms with Crippen molar-refractivity contribution in [3.63, 3.8) is 0 Å². The number of ether oxygens (including phenoxy) is 1. The second kappa shape index (κ2) is 6.83. The highest BCUT2D eigenvalue weighted by atomic mass is 35.5. The third-order valence-electron chi connectivity index (χ3n) is 3.57. The Balaban J connectivity index is 2.07. The molecule has 0 spiro atoms. The maximum absolute atomic E-state index is 12.3. The van der Waals surface area contributed by atoms with Crippen molar-refractivity contribution >= 4 is 27.5 Å². The Kier molecular flexibility index (Phi) is 5.32. The minimum Gasteiger partial charge on any atom is -0.495 e. The number of methoxy groups -OCH3 is 1. The monoisotopic (exact) mass is 334 g/mol. The van der Waals surface area contributed by atoms with Crippen LogP contribution in [0.3, 0.4) is 0 Å². The summed E-state index contributed by atoms with van der Waals surface area (Å²) in [5.41, 5.74) is 0.403. The van der Waals surface area contributed by atoms with Crippen molar-refractivity contribution in [1.82, 2.24) is 4.31 Å². The lowest BCUT2D eigenvalue weighted by atomic mass is 10.00. The minimum atomic E-state index is -3.60. The summed E-state index contributed by atoms with van der Waals surface area (Å²) >= 11 is 5.91. The summed E-state index contributed by atoms with van der Waals surface area (Å²) in [5.74, 6) is 0.600. The Morgan fingerprint density at radius 3 is 2.67 bits per heavy atom. The van der Waals surface area contributed by atoms with E-state index in [1.807, 2.05) is 0 Å². The van der Waals surface area contributed by atoms with Crippen LogP contribution in [0, 0.1) is 5.92 Å². The van der Waals surface area contributed by atoms with Gasteiger partial charge in [-0.05, 0) is 30.9 Å². The molecule has 2 N–H and O–H groups in total. The van der Waals surface area contributed by atoms with Crippen LogP contribution in [-0.2, 0) is 10.2 Å². The Hall–Kier alpha value is -1.02. The van der Waals surface area contributed by atoms with E-state index in [1.54, 1.807) is 18.2 Å². The first-order valence-electron chi connectivity index (χ1n) is 6.68. The summed E-state index contributed by atoms with van der Waals surface area (Å²) in [7, 11) is -2.13. The maximum Gasteiger partial charge on any atom is 0.301 e. The van der Waals surface area contributed by atoms with Gasteiger partial charge in [-0.15, -0.1) is 0 Å². The van der Waals surface area contributed by atoms with Crippen LogP contribution < -0.4 is 9.46 Å². The third kappa shape index (κ3) is 4.00. The van der Waals surface area contributed by atoms with Crippen LogP contribution in [0.15, 0.2) is 18.2 Å². The first-order chi connectivity index (χ1) is 9.96. The molecule has 2 rings (SSSR count). The van der Waals surface area contributed by atoms with E-state index in [4.69, 9.17) is 21.4 Å². The first-order valence-corrected chi connectivity index (χ1v) is 8.50. The third-order valence-corrected chi connectivity index (χ3v) is 5.42. The van der Waals surface area contributed by atoms with Gasteiger partial charge in [-0.1, -0.05) is 11.6 Å². The number of aliphatic hydroxyl groups excluding tert-OH is 1. The molecule has 0 aliphatic carbocycles.